The average molecular weight is 499 g/mol. The molecule has 0 radical (unpaired) electrons. The lowest BCUT2D eigenvalue weighted by Gasteiger charge is -2.13. The number of nitrogens with zero attached hydrogens (tertiary/aromatic N) is 6. The first kappa shape index (κ1) is 24.9. The van der Waals surface area contributed by atoms with Gasteiger partial charge >= 0.3 is 6.18 Å². The number of fused-ring (bicyclic) bond motifs is 1. The molecule has 188 valence electrons. The highest BCUT2D eigenvalue weighted by atomic mass is 19.4. The van der Waals surface area contributed by atoms with Gasteiger partial charge in [-0.3, -0.25) is 14.3 Å². The molecule has 1 aromatic carbocycles. The third-order valence-electron chi connectivity index (χ3n) is 5.75. The number of alkyl halides is 3. The number of rotatable bonds is 5. The molecule has 0 bridgehead atoms. The highest BCUT2D eigenvalue weighted by Gasteiger charge is 2.36. The van der Waals surface area contributed by atoms with Crippen molar-refractivity contribution in [3.05, 3.63) is 64.7 Å². The second kappa shape index (κ2) is 9.10. The van der Waals surface area contributed by atoms with Crippen molar-refractivity contribution in [2.24, 2.45) is 0 Å². The third-order valence-corrected chi connectivity index (χ3v) is 5.75. The minimum Gasteiger partial charge on any atom is -0.343 e. The predicted octanol–water partition coefficient (Wildman–Crippen LogP) is 4.20. The molecule has 0 spiro atoms. The number of amides is 2. The smallest absolute Gasteiger partial charge is 0.343 e. The molecule has 4 rings (SSSR count). The number of anilines is 1. The third kappa shape index (κ3) is 4.53. The van der Waals surface area contributed by atoms with Crippen molar-refractivity contribution in [2.75, 3.05) is 19.4 Å². The fourth-order valence-corrected chi connectivity index (χ4v) is 3.68. The highest BCUT2D eigenvalue weighted by molar-refractivity contribution is 6.07. The summed E-state index contributed by atoms with van der Waals surface area (Å²) in [6.07, 6.45) is -3.44. The van der Waals surface area contributed by atoms with E-state index in [0.717, 1.165) is 17.2 Å². The molecule has 36 heavy (non-hydrogen) atoms. The summed E-state index contributed by atoms with van der Waals surface area (Å²) in [4.78, 5) is 31.2. The summed E-state index contributed by atoms with van der Waals surface area (Å²) in [6, 6.07) is 7.34. The number of nitrogens with one attached hydrogen (secondary N) is 1. The number of halogens is 3. The van der Waals surface area contributed by atoms with Crippen molar-refractivity contribution < 1.29 is 22.8 Å². The van der Waals surface area contributed by atoms with Crippen molar-refractivity contribution in [1.29, 1.82) is 0 Å². The molecule has 0 fully saturated rings. The van der Waals surface area contributed by atoms with E-state index in [1.165, 1.54) is 21.8 Å². The molecular weight excluding hydrogens is 475 g/mol. The zero-order valence-corrected chi connectivity index (χ0v) is 20.3. The van der Waals surface area contributed by atoms with Gasteiger partial charge in [-0.2, -0.15) is 23.4 Å². The zero-order valence-electron chi connectivity index (χ0n) is 20.3. The van der Waals surface area contributed by atoms with Crippen molar-refractivity contribution >= 4 is 23.1 Å². The van der Waals surface area contributed by atoms with Crippen LogP contribution in [0.4, 0.5) is 18.9 Å². The van der Waals surface area contributed by atoms with Crippen LogP contribution in [-0.4, -0.2) is 55.2 Å². The number of benzene rings is 1. The van der Waals surface area contributed by atoms with Gasteiger partial charge in [0.2, 0.25) is 0 Å². The molecule has 1 N–H and O–H groups in total. The van der Waals surface area contributed by atoms with Gasteiger partial charge in [0, 0.05) is 32.3 Å². The summed E-state index contributed by atoms with van der Waals surface area (Å²) >= 11 is 0. The lowest BCUT2D eigenvalue weighted by Crippen LogP contribution is -2.26. The maximum absolute atomic E-state index is 13.9. The van der Waals surface area contributed by atoms with E-state index in [4.69, 9.17) is 0 Å². The van der Waals surface area contributed by atoms with E-state index in [0.29, 0.717) is 16.6 Å². The molecule has 3 heterocycles. The Morgan fingerprint density at radius 2 is 1.81 bits per heavy atom. The van der Waals surface area contributed by atoms with E-state index in [9.17, 15) is 22.8 Å². The summed E-state index contributed by atoms with van der Waals surface area (Å²) in [5.41, 5.74) is 1.29. The van der Waals surface area contributed by atoms with E-state index >= 15 is 0 Å². The predicted molar refractivity (Wildman–Crippen MR) is 127 cm³/mol. The van der Waals surface area contributed by atoms with E-state index in [2.05, 4.69) is 20.5 Å². The Morgan fingerprint density at radius 3 is 2.42 bits per heavy atom. The number of hydrogen-bond acceptors (Lipinski definition) is 5. The lowest BCUT2D eigenvalue weighted by atomic mass is 10.0. The summed E-state index contributed by atoms with van der Waals surface area (Å²) < 4.78 is 43.8. The first-order chi connectivity index (χ1) is 16.9. The molecule has 0 atom stereocenters. The Morgan fingerprint density at radius 1 is 1.08 bits per heavy atom. The molecule has 3 aromatic heterocycles. The van der Waals surface area contributed by atoms with Gasteiger partial charge in [0.05, 0.1) is 17.6 Å². The Labute approximate surface area is 204 Å². The Balaban J connectivity index is 1.77. The molecule has 0 aliphatic heterocycles. The van der Waals surface area contributed by atoms with E-state index < -0.39 is 23.7 Å². The standard InChI is InChI=1S/C24H24F3N7O2/c1-6-33-21(23(36)32(4)5)18(12-28-33)30-22(35)17-11-20-29-16(15-8-7-13(2)14(3)9-15)10-19(24(25,26)27)34(20)31-17/h7-12H,6H2,1-5H3,(H,30,35). The summed E-state index contributed by atoms with van der Waals surface area (Å²) in [5.74, 6) is -1.19. The second-order valence-electron chi connectivity index (χ2n) is 8.50. The normalized spacial score (nSPS) is 11.7. The van der Waals surface area contributed by atoms with Crippen molar-refractivity contribution in [1.82, 2.24) is 29.3 Å². The van der Waals surface area contributed by atoms with Gasteiger partial charge in [-0.05, 0) is 44.0 Å². The minimum absolute atomic E-state index is 0.105. The highest BCUT2D eigenvalue weighted by Crippen LogP contribution is 2.33. The molecule has 0 saturated heterocycles. The minimum atomic E-state index is -4.75. The fraction of sp³-hybridized carbons (Fsp3) is 0.292. The maximum Gasteiger partial charge on any atom is 0.433 e. The average Bonchev–Trinajstić information content (AvgIpc) is 3.42. The van der Waals surface area contributed by atoms with E-state index in [1.54, 1.807) is 33.2 Å². The van der Waals surface area contributed by atoms with E-state index in [-0.39, 0.29) is 28.4 Å². The summed E-state index contributed by atoms with van der Waals surface area (Å²) in [5, 5.41) is 10.5. The van der Waals surface area contributed by atoms with Crippen LogP contribution in [0.25, 0.3) is 16.9 Å². The first-order valence-electron chi connectivity index (χ1n) is 11.0. The molecule has 0 unspecified atom stereocenters. The molecule has 4 aromatic rings. The van der Waals surface area contributed by atoms with Gasteiger partial charge in [0.15, 0.2) is 17.0 Å². The van der Waals surface area contributed by atoms with Crippen LogP contribution in [0.3, 0.4) is 0 Å². The van der Waals surface area contributed by atoms with Gasteiger partial charge in [-0.25, -0.2) is 9.50 Å². The van der Waals surface area contributed by atoms with Gasteiger partial charge in [0.25, 0.3) is 11.8 Å². The largest absolute Gasteiger partial charge is 0.433 e. The molecule has 0 aliphatic rings. The molecule has 9 nitrogen and oxygen atoms in total. The number of hydrogen-bond donors (Lipinski definition) is 1. The van der Waals surface area contributed by atoms with Crippen LogP contribution in [0.15, 0.2) is 36.5 Å². The maximum atomic E-state index is 13.9. The van der Waals surface area contributed by atoms with Crippen LogP contribution in [0.2, 0.25) is 0 Å². The second-order valence-corrected chi connectivity index (χ2v) is 8.50. The number of carbonyl (C=O) groups is 2. The van der Waals surface area contributed by atoms with Crippen LogP contribution < -0.4 is 5.32 Å². The topological polar surface area (TPSA) is 97.4 Å². The van der Waals surface area contributed by atoms with Crippen LogP contribution in [0, 0.1) is 13.8 Å². The zero-order chi connectivity index (χ0) is 26.4. The molecule has 2 amide bonds. The van der Waals surface area contributed by atoms with Crippen LogP contribution in [-0.2, 0) is 12.7 Å². The van der Waals surface area contributed by atoms with Gasteiger partial charge < -0.3 is 10.2 Å². The fourth-order valence-electron chi connectivity index (χ4n) is 3.68. The lowest BCUT2D eigenvalue weighted by molar-refractivity contribution is -0.142. The van der Waals surface area contributed by atoms with Crippen molar-refractivity contribution in [2.45, 2.75) is 33.5 Å². The Hall–Kier alpha value is -4.22. The van der Waals surface area contributed by atoms with Gasteiger partial charge in [-0.15, -0.1) is 0 Å². The molecule has 0 saturated carbocycles. The molecule has 0 aliphatic carbocycles. The van der Waals surface area contributed by atoms with Crippen molar-refractivity contribution in [3.8, 4) is 11.3 Å². The van der Waals surface area contributed by atoms with Gasteiger partial charge in [0.1, 0.15) is 5.69 Å². The number of carbonyl (C=O) groups excluding carboxylic acids is 2. The van der Waals surface area contributed by atoms with Crippen LogP contribution in [0.5, 0.6) is 0 Å². The molecular formula is C24H24F3N7O2. The van der Waals surface area contributed by atoms with Crippen molar-refractivity contribution in [3.63, 3.8) is 0 Å². The monoisotopic (exact) mass is 499 g/mol. The SMILES string of the molecule is CCn1ncc(NC(=O)c2cc3nc(-c4ccc(C)c(C)c4)cc(C(F)(F)F)n3n2)c1C(=O)N(C)C. The van der Waals surface area contributed by atoms with Crippen LogP contribution >= 0.6 is 0 Å². The quantitative estimate of drug-likeness (QED) is 0.444. The Bertz CT molecular complexity index is 1490. The number of aromatic nitrogens is 5. The molecule has 12 heteroatoms. The number of aryl methyl sites for hydroxylation is 3. The first-order valence-corrected chi connectivity index (χ1v) is 11.0. The Kier molecular flexibility index (Phi) is 6.29. The van der Waals surface area contributed by atoms with Crippen LogP contribution in [0.1, 0.15) is 44.7 Å². The summed E-state index contributed by atoms with van der Waals surface area (Å²) in [7, 11) is 3.11. The summed E-state index contributed by atoms with van der Waals surface area (Å²) in [6.45, 7) is 5.92. The van der Waals surface area contributed by atoms with E-state index in [1.807, 2.05) is 19.9 Å². The van der Waals surface area contributed by atoms with Gasteiger partial charge in [-0.1, -0.05) is 12.1 Å².